The summed E-state index contributed by atoms with van der Waals surface area (Å²) in [5.41, 5.74) is 0.650. The maximum absolute atomic E-state index is 10.6. The standard InChI is InChI=1S/C8H12O2S/c1-2-11-7-5-3-4-6(7)8(9)10/h2-5H2,1H3,(H,9,10). The first-order chi connectivity index (χ1) is 5.25. The van der Waals surface area contributed by atoms with E-state index in [1.54, 1.807) is 11.8 Å². The van der Waals surface area contributed by atoms with Crippen molar-refractivity contribution in [3.05, 3.63) is 10.5 Å². The van der Waals surface area contributed by atoms with E-state index in [4.69, 9.17) is 5.11 Å². The van der Waals surface area contributed by atoms with Crippen molar-refractivity contribution in [2.24, 2.45) is 0 Å². The first kappa shape index (κ1) is 8.65. The molecule has 0 amide bonds. The summed E-state index contributed by atoms with van der Waals surface area (Å²) in [7, 11) is 0. The normalized spacial score (nSPS) is 17.5. The minimum Gasteiger partial charge on any atom is -0.478 e. The SMILES string of the molecule is CCSC1=C(C(=O)O)CCC1. The topological polar surface area (TPSA) is 37.3 Å². The number of aliphatic carboxylic acids is 1. The van der Waals surface area contributed by atoms with Crippen LogP contribution in [-0.2, 0) is 4.79 Å². The van der Waals surface area contributed by atoms with Crippen LogP contribution in [0.3, 0.4) is 0 Å². The summed E-state index contributed by atoms with van der Waals surface area (Å²) in [5, 5.41) is 8.74. The van der Waals surface area contributed by atoms with E-state index in [0.29, 0.717) is 5.57 Å². The predicted molar refractivity (Wildman–Crippen MR) is 46.6 cm³/mol. The molecule has 0 saturated heterocycles. The van der Waals surface area contributed by atoms with Crippen molar-refractivity contribution in [3.8, 4) is 0 Å². The predicted octanol–water partition coefficient (Wildman–Crippen LogP) is 2.26. The maximum atomic E-state index is 10.6. The van der Waals surface area contributed by atoms with Crippen molar-refractivity contribution in [1.29, 1.82) is 0 Å². The third-order valence-electron chi connectivity index (χ3n) is 1.74. The lowest BCUT2D eigenvalue weighted by molar-refractivity contribution is -0.132. The number of allylic oxidation sites excluding steroid dienone is 1. The Morgan fingerprint density at radius 1 is 1.64 bits per heavy atom. The molecule has 0 spiro atoms. The van der Waals surface area contributed by atoms with E-state index in [1.165, 1.54) is 0 Å². The summed E-state index contributed by atoms with van der Waals surface area (Å²) in [6.07, 6.45) is 2.75. The molecule has 0 radical (unpaired) electrons. The fourth-order valence-electron chi connectivity index (χ4n) is 1.28. The van der Waals surface area contributed by atoms with Crippen LogP contribution in [0.5, 0.6) is 0 Å². The summed E-state index contributed by atoms with van der Waals surface area (Å²) in [4.78, 5) is 11.7. The Morgan fingerprint density at radius 2 is 2.36 bits per heavy atom. The number of rotatable bonds is 3. The highest BCUT2D eigenvalue weighted by atomic mass is 32.2. The van der Waals surface area contributed by atoms with Gasteiger partial charge in [-0.1, -0.05) is 6.92 Å². The molecule has 0 bridgehead atoms. The van der Waals surface area contributed by atoms with E-state index in [9.17, 15) is 4.79 Å². The Balaban J connectivity index is 2.69. The summed E-state index contributed by atoms with van der Waals surface area (Å²) in [6, 6.07) is 0. The number of carboxylic acids is 1. The van der Waals surface area contributed by atoms with Crippen molar-refractivity contribution >= 4 is 17.7 Å². The zero-order valence-corrected chi connectivity index (χ0v) is 7.41. The second-order valence-electron chi connectivity index (χ2n) is 2.49. The molecule has 62 valence electrons. The molecule has 3 heteroatoms. The fraction of sp³-hybridized carbons (Fsp3) is 0.625. The smallest absolute Gasteiger partial charge is 0.332 e. The van der Waals surface area contributed by atoms with Crippen molar-refractivity contribution < 1.29 is 9.90 Å². The van der Waals surface area contributed by atoms with Gasteiger partial charge in [-0.05, 0) is 29.9 Å². The lowest BCUT2D eigenvalue weighted by Gasteiger charge is -1.99. The zero-order chi connectivity index (χ0) is 8.27. The average Bonchev–Trinajstić information content (AvgIpc) is 2.36. The number of carboxylic acid groups (broad SMARTS) is 1. The minimum atomic E-state index is -0.724. The van der Waals surface area contributed by atoms with E-state index >= 15 is 0 Å². The average molecular weight is 172 g/mol. The second-order valence-corrected chi connectivity index (χ2v) is 3.85. The first-order valence-corrected chi connectivity index (χ1v) is 4.82. The van der Waals surface area contributed by atoms with E-state index in [1.807, 2.05) is 0 Å². The van der Waals surface area contributed by atoms with Crippen molar-refractivity contribution in [3.63, 3.8) is 0 Å². The molecule has 0 aromatic carbocycles. The molecule has 1 N–H and O–H groups in total. The zero-order valence-electron chi connectivity index (χ0n) is 6.59. The summed E-state index contributed by atoms with van der Waals surface area (Å²) in [6.45, 7) is 2.05. The van der Waals surface area contributed by atoms with Gasteiger partial charge in [0.2, 0.25) is 0 Å². The van der Waals surface area contributed by atoms with Crippen molar-refractivity contribution in [2.75, 3.05) is 5.75 Å². The molecule has 0 fully saturated rings. The Hall–Kier alpha value is -0.440. The number of hydrogen-bond donors (Lipinski definition) is 1. The molecule has 11 heavy (non-hydrogen) atoms. The molecule has 0 aromatic heterocycles. The highest BCUT2D eigenvalue weighted by Gasteiger charge is 2.19. The highest BCUT2D eigenvalue weighted by molar-refractivity contribution is 8.03. The maximum Gasteiger partial charge on any atom is 0.332 e. The number of thioether (sulfide) groups is 1. The van der Waals surface area contributed by atoms with Gasteiger partial charge in [0.1, 0.15) is 0 Å². The molecule has 1 aliphatic rings. The van der Waals surface area contributed by atoms with Gasteiger partial charge in [-0.25, -0.2) is 4.79 Å². The van der Waals surface area contributed by atoms with Gasteiger partial charge in [-0.3, -0.25) is 0 Å². The number of carbonyl (C=O) groups is 1. The molecule has 0 saturated carbocycles. The fourth-order valence-corrected chi connectivity index (χ4v) is 2.28. The van der Waals surface area contributed by atoms with Gasteiger partial charge in [-0.15, -0.1) is 11.8 Å². The molecule has 2 nitrogen and oxygen atoms in total. The minimum absolute atomic E-state index is 0.650. The van der Waals surface area contributed by atoms with Crippen LogP contribution >= 0.6 is 11.8 Å². The van der Waals surface area contributed by atoms with E-state index < -0.39 is 5.97 Å². The molecule has 1 rings (SSSR count). The third-order valence-corrected chi connectivity index (χ3v) is 2.83. The van der Waals surface area contributed by atoms with Gasteiger partial charge in [0.25, 0.3) is 0 Å². The Morgan fingerprint density at radius 3 is 2.91 bits per heavy atom. The van der Waals surface area contributed by atoms with Crippen LogP contribution < -0.4 is 0 Å². The molecule has 0 unspecified atom stereocenters. The number of hydrogen-bond acceptors (Lipinski definition) is 2. The van der Waals surface area contributed by atoms with Crippen LogP contribution in [0.4, 0.5) is 0 Å². The van der Waals surface area contributed by atoms with Gasteiger partial charge in [0.05, 0.1) is 0 Å². The van der Waals surface area contributed by atoms with E-state index in [2.05, 4.69) is 6.92 Å². The van der Waals surface area contributed by atoms with Crippen LogP contribution in [0, 0.1) is 0 Å². The van der Waals surface area contributed by atoms with Gasteiger partial charge >= 0.3 is 5.97 Å². The molecule has 1 aliphatic carbocycles. The van der Waals surface area contributed by atoms with Gasteiger partial charge in [0.15, 0.2) is 0 Å². The van der Waals surface area contributed by atoms with Crippen LogP contribution in [0.2, 0.25) is 0 Å². The molecular formula is C8H12O2S. The third kappa shape index (κ3) is 1.99. The molecule has 0 aromatic rings. The highest BCUT2D eigenvalue weighted by Crippen LogP contribution is 2.33. The van der Waals surface area contributed by atoms with Crippen LogP contribution in [-0.4, -0.2) is 16.8 Å². The van der Waals surface area contributed by atoms with E-state index in [-0.39, 0.29) is 0 Å². The Bertz CT molecular complexity index is 196. The Labute approximate surface area is 70.7 Å². The van der Waals surface area contributed by atoms with Crippen LogP contribution in [0.25, 0.3) is 0 Å². The second kappa shape index (κ2) is 3.81. The van der Waals surface area contributed by atoms with Crippen LogP contribution in [0.1, 0.15) is 26.2 Å². The molecule has 0 aliphatic heterocycles. The van der Waals surface area contributed by atoms with Crippen molar-refractivity contribution in [2.45, 2.75) is 26.2 Å². The van der Waals surface area contributed by atoms with Gasteiger partial charge in [-0.2, -0.15) is 0 Å². The summed E-state index contributed by atoms with van der Waals surface area (Å²) >= 11 is 1.67. The molecule has 0 atom stereocenters. The van der Waals surface area contributed by atoms with Gasteiger partial charge in [0, 0.05) is 5.57 Å². The molecular weight excluding hydrogens is 160 g/mol. The Kier molecular flexibility index (Phi) is 3.00. The van der Waals surface area contributed by atoms with E-state index in [0.717, 1.165) is 29.9 Å². The lowest BCUT2D eigenvalue weighted by Crippen LogP contribution is -1.98. The van der Waals surface area contributed by atoms with Crippen LogP contribution in [0.15, 0.2) is 10.5 Å². The summed E-state index contributed by atoms with van der Waals surface area (Å²) < 4.78 is 0. The lowest BCUT2D eigenvalue weighted by atomic mass is 10.2. The van der Waals surface area contributed by atoms with Gasteiger partial charge < -0.3 is 5.11 Å². The quantitative estimate of drug-likeness (QED) is 0.709. The first-order valence-electron chi connectivity index (χ1n) is 3.83. The summed E-state index contributed by atoms with van der Waals surface area (Å²) in [5.74, 6) is 0.255. The van der Waals surface area contributed by atoms with Crippen molar-refractivity contribution in [1.82, 2.24) is 0 Å². The monoisotopic (exact) mass is 172 g/mol. The largest absolute Gasteiger partial charge is 0.478 e. The molecule has 0 heterocycles.